The number of aliphatic hydroxyl groups is 2. The van der Waals surface area contributed by atoms with E-state index in [4.69, 9.17) is 9.47 Å². The minimum absolute atomic E-state index is 0.133. The first-order chi connectivity index (χ1) is 12.1. The van der Waals surface area contributed by atoms with Gasteiger partial charge in [0, 0.05) is 16.9 Å². The van der Waals surface area contributed by atoms with Gasteiger partial charge in [-0.2, -0.15) is 0 Å². The van der Waals surface area contributed by atoms with Crippen LogP contribution in [0.5, 0.6) is 0 Å². The standard InChI is InChI=1S/C20H28O6/c1-7-10(3)18(23)26-17-16-13(12(5)19(24)25-16)15(22)14(11(4)9-21)20(17,6)8-2/h8,10,13-17,21-22H,2,4-5,7,9H2,1,3,6H3. The zero-order valence-electron chi connectivity index (χ0n) is 15.6. The van der Waals surface area contributed by atoms with Crippen molar-refractivity contribution in [1.82, 2.24) is 0 Å². The van der Waals surface area contributed by atoms with E-state index in [1.54, 1.807) is 19.9 Å². The van der Waals surface area contributed by atoms with E-state index in [2.05, 4.69) is 19.7 Å². The lowest BCUT2D eigenvalue weighted by Crippen LogP contribution is -2.61. The lowest BCUT2D eigenvalue weighted by molar-refractivity contribution is -0.195. The fourth-order valence-corrected chi connectivity index (χ4v) is 3.99. The molecule has 26 heavy (non-hydrogen) atoms. The Morgan fingerprint density at radius 1 is 1.50 bits per heavy atom. The highest BCUT2D eigenvalue weighted by Gasteiger charge is 2.63. The lowest BCUT2D eigenvalue weighted by atomic mass is 9.57. The summed E-state index contributed by atoms with van der Waals surface area (Å²) < 4.78 is 11.2. The molecule has 1 aliphatic heterocycles. The molecule has 0 aromatic carbocycles. The molecule has 2 aliphatic rings. The molecule has 0 spiro atoms. The Balaban J connectivity index is 2.54. The minimum atomic E-state index is -1.07. The van der Waals surface area contributed by atoms with Crippen LogP contribution in [0.3, 0.4) is 0 Å². The molecule has 6 heteroatoms. The van der Waals surface area contributed by atoms with Crippen molar-refractivity contribution < 1.29 is 29.3 Å². The van der Waals surface area contributed by atoms with E-state index in [0.717, 1.165) is 0 Å². The van der Waals surface area contributed by atoms with Gasteiger partial charge in [0.2, 0.25) is 0 Å². The van der Waals surface area contributed by atoms with Crippen LogP contribution in [-0.2, 0) is 19.1 Å². The second kappa shape index (κ2) is 7.37. The first-order valence-electron chi connectivity index (χ1n) is 8.84. The molecule has 7 atom stereocenters. The van der Waals surface area contributed by atoms with Crippen LogP contribution in [-0.4, -0.2) is 47.1 Å². The largest absolute Gasteiger partial charge is 0.457 e. The summed E-state index contributed by atoms with van der Waals surface area (Å²) in [6.07, 6.45) is -0.622. The summed E-state index contributed by atoms with van der Waals surface area (Å²) in [4.78, 5) is 24.6. The van der Waals surface area contributed by atoms with Gasteiger partial charge in [0.05, 0.1) is 24.5 Å². The molecule has 0 amide bonds. The van der Waals surface area contributed by atoms with Crippen LogP contribution in [0.15, 0.2) is 37.0 Å². The normalized spacial score (nSPS) is 37.5. The molecule has 0 aromatic rings. The molecule has 0 aromatic heterocycles. The molecule has 2 N–H and O–H groups in total. The Morgan fingerprint density at radius 3 is 2.62 bits per heavy atom. The van der Waals surface area contributed by atoms with Gasteiger partial charge in [-0.25, -0.2) is 4.79 Å². The Hall–Kier alpha value is -1.92. The summed E-state index contributed by atoms with van der Waals surface area (Å²) in [6.45, 7) is 16.5. The molecule has 1 saturated carbocycles. The summed E-state index contributed by atoms with van der Waals surface area (Å²) in [6, 6.07) is 0. The van der Waals surface area contributed by atoms with Crippen LogP contribution in [0.1, 0.15) is 27.2 Å². The summed E-state index contributed by atoms with van der Waals surface area (Å²) >= 11 is 0. The van der Waals surface area contributed by atoms with Crippen molar-refractivity contribution in [3.05, 3.63) is 37.0 Å². The van der Waals surface area contributed by atoms with Crippen molar-refractivity contribution in [2.24, 2.45) is 23.2 Å². The molecule has 0 radical (unpaired) electrons. The number of esters is 2. The van der Waals surface area contributed by atoms with Crippen molar-refractivity contribution in [2.45, 2.75) is 45.5 Å². The summed E-state index contributed by atoms with van der Waals surface area (Å²) in [5, 5.41) is 20.6. The zero-order valence-corrected chi connectivity index (χ0v) is 15.6. The average Bonchev–Trinajstić information content (AvgIpc) is 2.92. The van der Waals surface area contributed by atoms with E-state index < -0.39 is 47.5 Å². The lowest BCUT2D eigenvalue weighted by Gasteiger charge is -2.51. The average molecular weight is 364 g/mol. The molecular weight excluding hydrogens is 336 g/mol. The summed E-state index contributed by atoms with van der Waals surface area (Å²) in [5.74, 6) is -2.77. The Kier molecular flexibility index (Phi) is 5.78. The van der Waals surface area contributed by atoms with Crippen molar-refractivity contribution in [1.29, 1.82) is 0 Å². The predicted octanol–water partition coefficient (Wildman–Crippen LogP) is 1.77. The molecule has 6 nitrogen and oxygen atoms in total. The number of rotatable bonds is 6. The van der Waals surface area contributed by atoms with E-state index in [9.17, 15) is 19.8 Å². The number of ether oxygens (including phenoxy) is 2. The Labute approximate surface area is 154 Å². The van der Waals surface area contributed by atoms with E-state index in [1.165, 1.54) is 0 Å². The monoisotopic (exact) mass is 364 g/mol. The van der Waals surface area contributed by atoms with Gasteiger partial charge >= 0.3 is 11.9 Å². The van der Waals surface area contributed by atoms with Crippen LogP contribution in [0.25, 0.3) is 0 Å². The molecular formula is C20H28O6. The number of carbonyl (C=O) groups is 2. The van der Waals surface area contributed by atoms with Gasteiger partial charge in [0.1, 0.15) is 12.2 Å². The fourth-order valence-electron chi connectivity index (χ4n) is 3.99. The van der Waals surface area contributed by atoms with E-state index in [0.29, 0.717) is 12.0 Å². The maximum atomic E-state index is 12.5. The highest BCUT2D eigenvalue weighted by atomic mass is 16.6. The summed E-state index contributed by atoms with van der Waals surface area (Å²) in [5.41, 5.74) is -0.474. The fraction of sp³-hybridized carbons (Fsp3) is 0.600. The topological polar surface area (TPSA) is 93.1 Å². The predicted molar refractivity (Wildman–Crippen MR) is 95.9 cm³/mol. The van der Waals surface area contributed by atoms with Crippen molar-refractivity contribution in [3.8, 4) is 0 Å². The van der Waals surface area contributed by atoms with Crippen LogP contribution < -0.4 is 0 Å². The molecule has 144 valence electrons. The van der Waals surface area contributed by atoms with Gasteiger partial charge in [-0.15, -0.1) is 6.58 Å². The second-order valence-corrected chi connectivity index (χ2v) is 7.44. The molecule has 2 fully saturated rings. The molecule has 0 bridgehead atoms. The highest BCUT2D eigenvalue weighted by molar-refractivity contribution is 5.91. The number of fused-ring (bicyclic) bond motifs is 1. The Morgan fingerprint density at radius 2 is 2.12 bits per heavy atom. The van der Waals surface area contributed by atoms with Crippen molar-refractivity contribution >= 4 is 11.9 Å². The molecule has 7 unspecified atom stereocenters. The van der Waals surface area contributed by atoms with Crippen LogP contribution in [0.4, 0.5) is 0 Å². The number of aliphatic hydroxyl groups excluding tert-OH is 2. The maximum Gasteiger partial charge on any atom is 0.334 e. The third-order valence-electron chi connectivity index (χ3n) is 5.89. The van der Waals surface area contributed by atoms with E-state index in [-0.39, 0.29) is 18.1 Å². The highest BCUT2D eigenvalue weighted by Crippen LogP contribution is 2.53. The number of hydrogen-bond donors (Lipinski definition) is 2. The first kappa shape index (κ1) is 20.4. The van der Waals surface area contributed by atoms with Gasteiger partial charge in [-0.1, -0.05) is 40.0 Å². The number of hydrogen-bond acceptors (Lipinski definition) is 6. The van der Waals surface area contributed by atoms with Gasteiger partial charge in [-0.3, -0.25) is 4.79 Å². The van der Waals surface area contributed by atoms with Gasteiger partial charge < -0.3 is 19.7 Å². The Bertz CT molecular complexity index is 638. The van der Waals surface area contributed by atoms with E-state index >= 15 is 0 Å². The van der Waals surface area contributed by atoms with Crippen LogP contribution in [0, 0.1) is 23.2 Å². The molecule has 2 rings (SSSR count). The molecule has 1 aliphatic carbocycles. The second-order valence-electron chi connectivity index (χ2n) is 7.44. The van der Waals surface area contributed by atoms with Crippen LogP contribution in [0.2, 0.25) is 0 Å². The van der Waals surface area contributed by atoms with Crippen molar-refractivity contribution in [3.63, 3.8) is 0 Å². The summed E-state index contributed by atoms with van der Waals surface area (Å²) in [7, 11) is 0. The van der Waals surface area contributed by atoms with Gasteiger partial charge in [0.25, 0.3) is 0 Å². The van der Waals surface area contributed by atoms with Crippen molar-refractivity contribution in [2.75, 3.05) is 6.61 Å². The minimum Gasteiger partial charge on any atom is -0.457 e. The molecule has 1 heterocycles. The van der Waals surface area contributed by atoms with Crippen LogP contribution >= 0.6 is 0 Å². The third kappa shape index (κ3) is 3.01. The third-order valence-corrected chi connectivity index (χ3v) is 5.89. The first-order valence-corrected chi connectivity index (χ1v) is 8.84. The molecule has 1 saturated heterocycles. The van der Waals surface area contributed by atoms with Gasteiger partial charge in [0.15, 0.2) is 0 Å². The number of carbonyl (C=O) groups excluding carboxylic acids is 2. The zero-order chi connectivity index (χ0) is 19.8. The maximum absolute atomic E-state index is 12.5. The van der Waals surface area contributed by atoms with Gasteiger partial charge in [-0.05, 0) is 12.0 Å². The van der Waals surface area contributed by atoms with E-state index in [1.807, 2.05) is 6.92 Å². The quantitative estimate of drug-likeness (QED) is 0.424. The SMILES string of the molecule is C=CC1(C)C(OC(=O)C(C)CC)C2OC(=O)C(=C)C2C(O)C1C(=C)CO. The smallest absolute Gasteiger partial charge is 0.334 e.